The molecular weight excluding hydrogens is 350 g/mol. The summed E-state index contributed by atoms with van der Waals surface area (Å²) in [5.74, 6) is 0.511. The molecule has 3 rings (SSSR count). The summed E-state index contributed by atoms with van der Waals surface area (Å²) in [5.41, 5.74) is 2.50. The summed E-state index contributed by atoms with van der Waals surface area (Å²) in [7, 11) is 0. The predicted octanol–water partition coefficient (Wildman–Crippen LogP) is 5.72. The number of rotatable bonds is 4. The third kappa shape index (κ3) is 3.93. The van der Waals surface area contributed by atoms with Crippen molar-refractivity contribution in [3.05, 3.63) is 70.1 Å². The first-order valence-corrected chi connectivity index (χ1v) is 7.85. The molecule has 0 radical (unpaired) electrons. The highest BCUT2D eigenvalue weighted by molar-refractivity contribution is 6.31. The number of nitrogens with zero attached hydrogens (tertiary/aromatic N) is 2. The minimum Gasteiger partial charge on any atom is -0.340 e. The molecule has 0 fully saturated rings. The van der Waals surface area contributed by atoms with Gasteiger partial charge in [-0.3, -0.25) is 0 Å². The lowest BCUT2D eigenvalue weighted by Gasteiger charge is -2.11. The lowest BCUT2D eigenvalue weighted by Crippen LogP contribution is -2.01. The second-order valence-electron chi connectivity index (χ2n) is 5.10. The van der Waals surface area contributed by atoms with Gasteiger partial charge in [0, 0.05) is 22.6 Å². The van der Waals surface area contributed by atoms with Gasteiger partial charge in [0.2, 0.25) is 5.95 Å². The van der Waals surface area contributed by atoms with Crippen molar-refractivity contribution in [3.63, 3.8) is 0 Å². The molecule has 1 heterocycles. The fraction of sp³-hybridized carbons (Fsp3) is 0.0588. The average Bonchev–Trinajstić information content (AvgIpc) is 2.54. The minimum absolute atomic E-state index is 0.0334. The molecule has 7 heteroatoms. The Morgan fingerprint density at radius 2 is 1.83 bits per heavy atom. The van der Waals surface area contributed by atoms with Crippen LogP contribution in [-0.2, 0) is 0 Å². The summed E-state index contributed by atoms with van der Waals surface area (Å²) < 4.78 is 13.2. The highest BCUT2D eigenvalue weighted by atomic mass is 35.5. The average molecular weight is 363 g/mol. The van der Waals surface area contributed by atoms with Crippen molar-refractivity contribution in [2.45, 2.75) is 6.92 Å². The predicted molar refractivity (Wildman–Crippen MR) is 96.2 cm³/mol. The van der Waals surface area contributed by atoms with Gasteiger partial charge in [0.1, 0.15) is 11.6 Å². The van der Waals surface area contributed by atoms with E-state index in [1.54, 1.807) is 24.4 Å². The van der Waals surface area contributed by atoms with Gasteiger partial charge in [-0.2, -0.15) is 4.98 Å². The molecule has 0 bridgehead atoms. The molecule has 3 aromatic rings. The number of hydrogen-bond donors (Lipinski definition) is 2. The van der Waals surface area contributed by atoms with E-state index < -0.39 is 5.82 Å². The van der Waals surface area contributed by atoms with E-state index in [0.29, 0.717) is 22.5 Å². The molecule has 0 unspecified atom stereocenters. The maximum Gasteiger partial charge on any atom is 0.229 e. The lowest BCUT2D eigenvalue weighted by molar-refractivity contribution is 0.628. The molecule has 0 amide bonds. The highest BCUT2D eigenvalue weighted by Crippen LogP contribution is 2.24. The van der Waals surface area contributed by atoms with Crippen LogP contribution in [0.25, 0.3) is 0 Å². The Morgan fingerprint density at radius 3 is 2.58 bits per heavy atom. The van der Waals surface area contributed by atoms with Crippen molar-refractivity contribution >= 4 is 46.3 Å². The van der Waals surface area contributed by atoms with Crippen molar-refractivity contribution in [3.8, 4) is 0 Å². The van der Waals surface area contributed by atoms with Crippen LogP contribution >= 0.6 is 23.2 Å². The van der Waals surface area contributed by atoms with Gasteiger partial charge in [-0.1, -0.05) is 23.2 Å². The topological polar surface area (TPSA) is 49.8 Å². The lowest BCUT2D eigenvalue weighted by atomic mass is 10.2. The molecule has 2 N–H and O–H groups in total. The summed E-state index contributed by atoms with van der Waals surface area (Å²) >= 11 is 11.7. The normalized spacial score (nSPS) is 10.5. The number of aryl methyl sites for hydroxylation is 1. The standard InChI is InChI=1S/C17H13Cl2FN4/c1-10-8-11(18)2-5-15(10)23-16-6-7-21-17(24-16)22-12-3-4-14(20)13(19)9-12/h2-9H,1H3,(H2,21,22,23,24). The number of halogens is 3. The zero-order valence-electron chi connectivity index (χ0n) is 12.6. The first-order chi connectivity index (χ1) is 11.5. The van der Waals surface area contributed by atoms with Crippen molar-refractivity contribution in [1.29, 1.82) is 0 Å². The van der Waals surface area contributed by atoms with Crippen molar-refractivity contribution in [2.24, 2.45) is 0 Å². The number of nitrogens with one attached hydrogen (secondary N) is 2. The van der Waals surface area contributed by atoms with Crippen LogP contribution in [-0.4, -0.2) is 9.97 Å². The molecule has 0 aliphatic rings. The smallest absolute Gasteiger partial charge is 0.229 e. The Balaban J connectivity index is 1.79. The minimum atomic E-state index is -0.475. The number of benzene rings is 2. The molecule has 0 aliphatic heterocycles. The van der Waals surface area contributed by atoms with Crippen LogP contribution in [0.4, 0.5) is 27.5 Å². The van der Waals surface area contributed by atoms with E-state index in [2.05, 4.69) is 20.6 Å². The third-order valence-corrected chi connectivity index (χ3v) is 3.81. The fourth-order valence-corrected chi connectivity index (χ4v) is 2.50. The van der Waals surface area contributed by atoms with Crippen LogP contribution in [0.15, 0.2) is 48.7 Å². The Hall–Kier alpha value is -2.37. The Labute approximate surface area is 148 Å². The van der Waals surface area contributed by atoms with Gasteiger partial charge in [-0.05, 0) is 55.0 Å². The molecule has 4 nitrogen and oxygen atoms in total. The maximum absolute atomic E-state index is 13.2. The van der Waals surface area contributed by atoms with Gasteiger partial charge < -0.3 is 10.6 Å². The molecule has 0 aliphatic carbocycles. The zero-order valence-corrected chi connectivity index (χ0v) is 14.2. The second-order valence-corrected chi connectivity index (χ2v) is 5.95. The van der Waals surface area contributed by atoms with Crippen LogP contribution in [0.3, 0.4) is 0 Å². The molecule has 24 heavy (non-hydrogen) atoms. The zero-order chi connectivity index (χ0) is 17.1. The Morgan fingerprint density at radius 1 is 1.00 bits per heavy atom. The van der Waals surface area contributed by atoms with Gasteiger partial charge in [-0.15, -0.1) is 0 Å². The maximum atomic E-state index is 13.2. The third-order valence-electron chi connectivity index (χ3n) is 3.28. The molecule has 2 aromatic carbocycles. The SMILES string of the molecule is Cc1cc(Cl)ccc1Nc1ccnc(Nc2ccc(F)c(Cl)c2)n1. The van der Waals surface area contributed by atoms with E-state index in [1.807, 2.05) is 19.1 Å². The summed E-state index contributed by atoms with van der Waals surface area (Å²) in [5, 5.41) is 6.91. The molecule has 122 valence electrons. The highest BCUT2D eigenvalue weighted by Gasteiger charge is 2.05. The van der Waals surface area contributed by atoms with Crippen LogP contribution in [0, 0.1) is 12.7 Å². The van der Waals surface area contributed by atoms with Gasteiger partial charge in [0.25, 0.3) is 0 Å². The number of anilines is 4. The van der Waals surface area contributed by atoms with Gasteiger partial charge in [0.05, 0.1) is 5.02 Å². The number of aromatic nitrogens is 2. The molecule has 1 aromatic heterocycles. The Bertz CT molecular complexity index is 886. The molecule has 0 saturated heterocycles. The Kier molecular flexibility index (Phi) is 4.83. The summed E-state index contributed by atoms with van der Waals surface area (Å²) in [4.78, 5) is 8.52. The molecule has 0 saturated carbocycles. The first kappa shape index (κ1) is 16.5. The van der Waals surface area contributed by atoms with E-state index in [4.69, 9.17) is 23.2 Å². The molecule has 0 atom stereocenters. The van der Waals surface area contributed by atoms with E-state index in [-0.39, 0.29) is 5.02 Å². The van der Waals surface area contributed by atoms with Crippen molar-refractivity contribution in [1.82, 2.24) is 9.97 Å². The monoisotopic (exact) mass is 362 g/mol. The van der Waals surface area contributed by atoms with Crippen LogP contribution in [0.1, 0.15) is 5.56 Å². The van der Waals surface area contributed by atoms with E-state index in [0.717, 1.165) is 11.3 Å². The van der Waals surface area contributed by atoms with Gasteiger partial charge in [0.15, 0.2) is 0 Å². The fourth-order valence-electron chi connectivity index (χ4n) is 2.10. The quantitative estimate of drug-likeness (QED) is 0.623. The van der Waals surface area contributed by atoms with Gasteiger partial charge >= 0.3 is 0 Å². The molecule has 0 spiro atoms. The summed E-state index contributed by atoms with van der Waals surface area (Å²) in [6, 6.07) is 11.6. The van der Waals surface area contributed by atoms with Gasteiger partial charge in [-0.25, -0.2) is 9.37 Å². The first-order valence-electron chi connectivity index (χ1n) is 7.09. The van der Waals surface area contributed by atoms with E-state index >= 15 is 0 Å². The second kappa shape index (κ2) is 7.03. The van der Waals surface area contributed by atoms with Crippen LogP contribution < -0.4 is 10.6 Å². The largest absolute Gasteiger partial charge is 0.340 e. The number of hydrogen-bond acceptors (Lipinski definition) is 4. The summed E-state index contributed by atoms with van der Waals surface area (Å²) in [6.45, 7) is 1.95. The summed E-state index contributed by atoms with van der Waals surface area (Å²) in [6.07, 6.45) is 1.62. The van der Waals surface area contributed by atoms with Crippen LogP contribution in [0.2, 0.25) is 10.0 Å². The molecular formula is C17H13Cl2FN4. The van der Waals surface area contributed by atoms with Crippen molar-refractivity contribution in [2.75, 3.05) is 10.6 Å². The van der Waals surface area contributed by atoms with E-state index in [9.17, 15) is 4.39 Å². The van der Waals surface area contributed by atoms with Crippen molar-refractivity contribution < 1.29 is 4.39 Å². The van der Waals surface area contributed by atoms with E-state index in [1.165, 1.54) is 12.1 Å². The van der Waals surface area contributed by atoms with Crippen LogP contribution in [0.5, 0.6) is 0 Å².